The number of nitrogens with one attached hydrogen (secondary N) is 1. The Morgan fingerprint density at radius 3 is 2.45 bits per heavy atom. The first-order valence-corrected chi connectivity index (χ1v) is 6.31. The Balaban J connectivity index is 2.09. The van der Waals surface area contributed by atoms with Gasteiger partial charge in [0.15, 0.2) is 5.76 Å². The molecule has 5 heteroatoms. The number of aryl methyl sites for hydroxylation is 3. The molecule has 1 aromatic carbocycles. The number of hydrogen-bond donors (Lipinski definition) is 2. The smallest absolute Gasteiger partial charge is 0.301 e. The molecular formula is C15H18N2O3. The Labute approximate surface area is 117 Å². The van der Waals surface area contributed by atoms with Crippen LogP contribution in [0.2, 0.25) is 0 Å². The van der Waals surface area contributed by atoms with E-state index in [9.17, 15) is 4.79 Å². The van der Waals surface area contributed by atoms with Gasteiger partial charge in [-0.25, -0.2) is 5.84 Å². The first-order valence-electron chi connectivity index (χ1n) is 6.31. The van der Waals surface area contributed by atoms with Gasteiger partial charge in [0.1, 0.15) is 18.1 Å². The number of nitrogen functional groups attached to an aromatic ring is 1. The van der Waals surface area contributed by atoms with Crippen molar-refractivity contribution in [3.63, 3.8) is 0 Å². The lowest BCUT2D eigenvalue weighted by Crippen LogP contribution is -2.30. The zero-order valence-corrected chi connectivity index (χ0v) is 11.8. The van der Waals surface area contributed by atoms with Gasteiger partial charge in [0, 0.05) is 5.56 Å². The molecule has 3 N–H and O–H groups in total. The maximum atomic E-state index is 11.4. The monoisotopic (exact) mass is 274 g/mol. The Kier molecular flexibility index (Phi) is 4.10. The molecule has 0 saturated carbocycles. The number of furan rings is 1. The van der Waals surface area contributed by atoms with Crippen molar-refractivity contribution in [2.45, 2.75) is 27.4 Å². The summed E-state index contributed by atoms with van der Waals surface area (Å²) in [4.78, 5) is 11.4. The molecule has 0 atom stereocenters. The molecule has 2 aromatic rings. The van der Waals surface area contributed by atoms with Crippen LogP contribution < -0.4 is 16.0 Å². The first kappa shape index (κ1) is 14.1. The predicted molar refractivity (Wildman–Crippen MR) is 75.3 cm³/mol. The molecule has 2 rings (SSSR count). The Bertz CT molecular complexity index is 612. The van der Waals surface area contributed by atoms with Crippen molar-refractivity contribution in [2.24, 2.45) is 5.84 Å². The fourth-order valence-corrected chi connectivity index (χ4v) is 2.08. The fourth-order valence-electron chi connectivity index (χ4n) is 2.08. The molecule has 0 spiro atoms. The van der Waals surface area contributed by atoms with E-state index in [1.165, 1.54) is 0 Å². The van der Waals surface area contributed by atoms with E-state index < -0.39 is 5.91 Å². The zero-order valence-electron chi connectivity index (χ0n) is 11.8. The Hall–Kier alpha value is -2.27. The van der Waals surface area contributed by atoms with Crippen LogP contribution in [0.3, 0.4) is 0 Å². The maximum absolute atomic E-state index is 11.4. The summed E-state index contributed by atoms with van der Waals surface area (Å²) in [5.41, 5.74) is 5.05. The van der Waals surface area contributed by atoms with E-state index in [0.29, 0.717) is 5.76 Å². The molecule has 1 heterocycles. The number of amides is 1. The van der Waals surface area contributed by atoms with Gasteiger partial charge < -0.3 is 9.15 Å². The van der Waals surface area contributed by atoms with Crippen molar-refractivity contribution in [2.75, 3.05) is 0 Å². The number of nitrogens with two attached hydrogens (primary N) is 1. The lowest BCUT2D eigenvalue weighted by molar-refractivity contribution is 0.0921. The van der Waals surface area contributed by atoms with Crippen LogP contribution in [0.25, 0.3) is 0 Å². The minimum absolute atomic E-state index is 0.214. The summed E-state index contributed by atoms with van der Waals surface area (Å²) >= 11 is 0. The Morgan fingerprint density at radius 2 is 1.85 bits per heavy atom. The molecular weight excluding hydrogens is 256 g/mol. The number of carbonyl (C=O) groups excluding carboxylic acids is 1. The average Bonchev–Trinajstić information content (AvgIpc) is 2.76. The highest BCUT2D eigenvalue weighted by Gasteiger charge is 2.14. The third-order valence-corrected chi connectivity index (χ3v) is 2.88. The molecule has 0 aliphatic heterocycles. The number of ether oxygens (including phenoxy) is 1. The molecule has 0 saturated heterocycles. The van der Waals surface area contributed by atoms with E-state index >= 15 is 0 Å². The summed E-state index contributed by atoms with van der Waals surface area (Å²) < 4.78 is 11.1. The van der Waals surface area contributed by atoms with Crippen LogP contribution >= 0.6 is 0 Å². The van der Waals surface area contributed by atoms with Crippen molar-refractivity contribution in [1.82, 2.24) is 5.43 Å². The molecule has 0 aliphatic carbocycles. The Morgan fingerprint density at radius 1 is 1.20 bits per heavy atom. The standard InChI is InChI=1S/C15H18N2O3/c1-9-4-10(2)6-12(5-9)19-8-13-7-11(3)14(20-13)15(18)17-16/h4-7H,8,16H2,1-3H3,(H,17,18). The molecule has 0 unspecified atom stereocenters. The van der Waals surface area contributed by atoms with E-state index in [-0.39, 0.29) is 12.4 Å². The second-order valence-electron chi connectivity index (χ2n) is 4.81. The molecule has 0 radical (unpaired) electrons. The van der Waals surface area contributed by atoms with Crippen molar-refractivity contribution < 1.29 is 13.9 Å². The van der Waals surface area contributed by atoms with Crippen LogP contribution in [0, 0.1) is 20.8 Å². The molecule has 0 bridgehead atoms. The van der Waals surface area contributed by atoms with Crippen LogP contribution in [0.5, 0.6) is 5.75 Å². The van der Waals surface area contributed by atoms with Gasteiger partial charge in [-0.2, -0.15) is 0 Å². The van der Waals surface area contributed by atoms with Crippen LogP contribution in [-0.4, -0.2) is 5.91 Å². The largest absolute Gasteiger partial charge is 0.486 e. The van der Waals surface area contributed by atoms with E-state index in [4.69, 9.17) is 15.0 Å². The molecule has 0 aliphatic rings. The van der Waals surface area contributed by atoms with Gasteiger partial charge in [-0.15, -0.1) is 0 Å². The summed E-state index contributed by atoms with van der Waals surface area (Å²) in [7, 11) is 0. The van der Waals surface area contributed by atoms with E-state index in [0.717, 1.165) is 22.4 Å². The highest BCUT2D eigenvalue weighted by atomic mass is 16.5. The van der Waals surface area contributed by atoms with E-state index in [1.807, 2.05) is 26.0 Å². The van der Waals surface area contributed by atoms with Crippen LogP contribution in [0.1, 0.15) is 33.0 Å². The second-order valence-corrected chi connectivity index (χ2v) is 4.81. The number of carbonyl (C=O) groups is 1. The van der Waals surface area contributed by atoms with Crippen LogP contribution in [0.4, 0.5) is 0 Å². The normalized spacial score (nSPS) is 10.4. The van der Waals surface area contributed by atoms with E-state index in [1.54, 1.807) is 13.0 Å². The first-order chi connectivity index (χ1) is 9.49. The van der Waals surface area contributed by atoms with Gasteiger partial charge in [-0.05, 0) is 50.1 Å². The van der Waals surface area contributed by atoms with Crippen molar-refractivity contribution in [3.8, 4) is 5.75 Å². The average molecular weight is 274 g/mol. The maximum Gasteiger partial charge on any atom is 0.301 e. The molecule has 5 nitrogen and oxygen atoms in total. The highest BCUT2D eigenvalue weighted by molar-refractivity contribution is 5.92. The van der Waals surface area contributed by atoms with Crippen LogP contribution in [0.15, 0.2) is 28.7 Å². The van der Waals surface area contributed by atoms with Gasteiger partial charge in [0.05, 0.1) is 0 Å². The SMILES string of the molecule is Cc1cc(C)cc(OCc2cc(C)c(C(=O)NN)o2)c1. The lowest BCUT2D eigenvalue weighted by atomic mass is 10.1. The van der Waals surface area contributed by atoms with Crippen molar-refractivity contribution in [1.29, 1.82) is 0 Å². The topological polar surface area (TPSA) is 77.5 Å². The number of rotatable bonds is 4. The molecule has 106 valence electrons. The second kappa shape index (κ2) is 5.79. The van der Waals surface area contributed by atoms with Crippen LogP contribution in [-0.2, 0) is 6.61 Å². The third-order valence-electron chi connectivity index (χ3n) is 2.88. The summed E-state index contributed by atoms with van der Waals surface area (Å²) in [6.07, 6.45) is 0. The fraction of sp³-hybridized carbons (Fsp3) is 0.267. The molecule has 1 amide bonds. The quantitative estimate of drug-likeness (QED) is 0.510. The minimum atomic E-state index is -0.444. The van der Waals surface area contributed by atoms with Gasteiger partial charge in [-0.1, -0.05) is 6.07 Å². The number of benzene rings is 1. The third kappa shape index (κ3) is 3.19. The molecule has 20 heavy (non-hydrogen) atoms. The zero-order chi connectivity index (χ0) is 14.7. The van der Waals surface area contributed by atoms with Gasteiger partial charge in [0.2, 0.25) is 0 Å². The number of hydrazine groups is 1. The van der Waals surface area contributed by atoms with Gasteiger partial charge in [0.25, 0.3) is 0 Å². The highest BCUT2D eigenvalue weighted by Crippen LogP contribution is 2.20. The predicted octanol–water partition coefficient (Wildman–Crippen LogP) is 2.39. The molecule has 1 aromatic heterocycles. The van der Waals surface area contributed by atoms with Crippen molar-refractivity contribution in [3.05, 3.63) is 52.5 Å². The van der Waals surface area contributed by atoms with Gasteiger partial charge in [-0.3, -0.25) is 10.2 Å². The summed E-state index contributed by atoms with van der Waals surface area (Å²) in [6.45, 7) is 6.08. The summed E-state index contributed by atoms with van der Waals surface area (Å²) in [5.74, 6) is 6.22. The lowest BCUT2D eigenvalue weighted by Gasteiger charge is -2.06. The minimum Gasteiger partial charge on any atom is -0.486 e. The van der Waals surface area contributed by atoms with Crippen molar-refractivity contribution >= 4 is 5.91 Å². The summed E-state index contributed by atoms with van der Waals surface area (Å²) in [5, 5.41) is 0. The van der Waals surface area contributed by atoms with E-state index in [2.05, 4.69) is 11.5 Å². The van der Waals surface area contributed by atoms with Gasteiger partial charge >= 0.3 is 5.91 Å². The molecule has 0 fully saturated rings. The number of hydrogen-bond acceptors (Lipinski definition) is 4. The summed E-state index contributed by atoms with van der Waals surface area (Å²) in [6, 6.07) is 7.76.